The summed E-state index contributed by atoms with van der Waals surface area (Å²) in [5.74, 6) is 0.211. The summed E-state index contributed by atoms with van der Waals surface area (Å²) in [6.45, 7) is 8.00. The molecule has 0 unspecified atom stereocenters. The van der Waals surface area contributed by atoms with Gasteiger partial charge in [-0.25, -0.2) is 24.3 Å². The monoisotopic (exact) mass is 312 g/mol. The van der Waals surface area contributed by atoms with Crippen molar-refractivity contribution in [2.24, 2.45) is 5.41 Å². The van der Waals surface area contributed by atoms with Crippen LogP contribution in [0.5, 0.6) is 0 Å². The van der Waals surface area contributed by atoms with Crippen molar-refractivity contribution < 1.29 is 21.9 Å². The molecule has 0 aliphatic heterocycles. The van der Waals surface area contributed by atoms with Crippen LogP contribution < -0.4 is 0 Å². The molecule has 0 saturated heterocycles. The van der Waals surface area contributed by atoms with E-state index in [0.717, 1.165) is 5.56 Å². The second-order valence-corrected chi connectivity index (χ2v) is 5.80. The number of hydrogen-bond donors (Lipinski definition) is 0. The summed E-state index contributed by atoms with van der Waals surface area (Å²) in [5, 5.41) is 0. The van der Waals surface area contributed by atoms with E-state index >= 15 is 0 Å². The topological polar surface area (TPSA) is 17.1 Å². The zero-order valence-corrected chi connectivity index (χ0v) is 13.9. The standard InChI is InChI=1S/C10H13O.C8H11.Fe/c1-10(2,3)9(11)8-6-4-5-7-8;1-2-5-8-6-3-4-7-8;/h4-7H,1-3H3;3-4,6-7H,2,5H2,1H3;/q2*-1;+2. The van der Waals surface area contributed by atoms with E-state index < -0.39 is 0 Å². The van der Waals surface area contributed by atoms with Crippen molar-refractivity contribution in [1.29, 1.82) is 0 Å². The van der Waals surface area contributed by atoms with Crippen LogP contribution in [-0.2, 0) is 23.5 Å². The van der Waals surface area contributed by atoms with Crippen LogP contribution in [0.1, 0.15) is 50.0 Å². The third-order valence-electron chi connectivity index (χ3n) is 2.88. The minimum absolute atomic E-state index is 0. The molecular formula is C18H24FeO. The van der Waals surface area contributed by atoms with Gasteiger partial charge >= 0.3 is 17.1 Å². The first kappa shape index (κ1) is 18.9. The fraction of sp³-hybridized carbons (Fsp3) is 0.389. The molecule has 0 bridgehead atoms. The molecule has 2 heteroatoms. The van der Waals surface area contributed by atoms with E-state index in [2.05, 4.69) is 31.2 Å². The molecule has 0 aliphatic rings. The van der Waals surface area contributed by atoms with Crippen molar-refractivity contribution in [1.82, 2.24) is 0 Å². The summed E-state index contributed by atoms with van der Waals surface area (Å²) in [5.41, 5.74) is 2.03. The van der Waals surface area contributed by atoms with Crippen molar-refractivity contribution in [2.75, 3.05) is 0 Å². The Kier molecular flexibility index (Phi) is 8.45. The Balaban J connectivity index is 0.000000359. The number of aryl methyl sites for hydroxylation is 1. The Hall–Kier alpha value is -1.11. The zero-order valence-electron chi connectivity index (χ0n) is 12.8. The average Bonchev–Trinajstić information content (AvgIpc) is 3.00. The molecule has 0 heterocycles. The smallest absolute Gasteiger partial charge is 0.308 e. The third-order valence-corrected chi connectivity index (χ3v) is 2.88. The zero-order chi connectivity index (χ0) is 14.3. The van der Waals surface area contributed by atoms with E-state index in [1.807, 2.05) is 45.0 Å². The molecule has 0 fully saturated rings. The summed E-state index contributed by atoms with van der Waals surface area (Å²) >= 11 is 0. The molecule has 20 heavy (non-hydrogen) atoms. The molecule has 0 amide bonds. The van der Waals surface area contributed by atoms with Gasteiger partial charge in [0.15, 0.2) is 0 Å². The summed E-state index contributed by atoms with van der Waals surface area (Å²) in [6, 6.07) is 16.0. The van der Waals surface area contributed by atoms with Crippen LogP contribution in [-0.4, -0.2) is 5.78 Å². The van der Waals surface area contributed by atoms with Gasteiger partial charge in [0.1, 0.15) is 5.78 Å². The van der Waals surface area contributed by atoms with Crippen molar-refractivity contribution in [3.05, 3.63) is 59.7 Å². The van der Waals surface area contributed by atoms with Crippen LogP contribution in [0.4, 0.5) is 0 Å². The van der Waals surface area contributed by atoms with E-state index in [1.54, 1.807) is 0 Å². The van der Waals surface area contributed by atoms with Gasteiger partial charge in [-0.05, 0) is 0 Å². The first-order valence-electron chi connectivity index (χ1n) is 6.92. The molecule has 1 nitrogen and oxygen atoms in total. The van der Waals surface area contributed by atoms with Crippen LogP contribution in [0, 0.1) is 5.41 Å². The Morgan fingerprint density at radius 2 is 1.40 bits per heavy atom. The maximum atomic E-state index is 11.5. The Labute approximate surface area is 133 Å². The Morgan fingerprint density at radius 3 is 1.80 bits per heavy atom. The Bertz CT molecular complexity index is 458. The van der Waals surface area contributed by atoms with E-state index in [0.29, 0.717) is 0 Å². The average molecular weight is 312 g/mol. The van der Waals surface area contributed by atoms with Gasteiger partial charge in [0.2, 0.25) is 0 Å². The minimum Gasteiger partial charge on any atom is -0.308 e. The first-order valence-corrected chi connectivity index (χ1v) is 6.92. The van der Waals surface area contributed by atoms with Crippen LogP contribution in [0.2, 0.25) is 0 Å². The molecule has 0 spiro atoms. The summed E-state index contributed by atoms with van der Waals surface area (Å²) in [4.78, 5) is 11.5. The fourth-order valence-corrected chi connectivity index (χ4v) is 1.83. The molecule has 0 aliphatic carbocycles. The first-order chi connectivity index (χ1) is 8.95. The third kappa shape index (κ3) is 6.36. The summed E-state index contributed by atoms with van der Waals surface area (Å²) in [6.07, 6.45) is 2.48. The number of carbonyl (C=O) groups excluding carboxylic acids is 1. The molecular weight excluding hydrogens is 288 g/mol. The predicted molar refractivity (Wildman–Crippen MR) is 81.9 cm³/mol. The fourth-order valence-electron chi connectivity index (χ4n) is 1.83. The molecule has 0 aromatic heterocycles. The number of carbonyl (C=O) groups is 1. The van der Waals surface area contributed by atoms with Crippen molar-refractivity contribution in [3.8, 4) is 0 Å². The molecule has 0 radical (unpaired) electrons. The van der Waals surface area contributed by atoms with E-state index in [9.17, 15) is 4.79 Å². The number of rotatable bonds is 3. The molecule has 2 rings (SSSR count). The normalized spacial score (nSPS) is 10.2. The number of ketones is 1. The second-order valence-electron chi connectivity index (χ2n) is 5.80. The summed E-state index contributed by atoms with van der Waals surface area (Å²) < 4.78 is 0. The van der Waals surface area contributed by atoms with Gasteiger partial charge in [-0.3, -0.25) is 0 Å². The molecule has 110 valence electrons. The van der Waals surface area contributed by atoms with E-state index in [1.165, 1.54) is 18.4 Å². The maximum absolute atomic E-state index is 11.5. The Morgan fingerprint density at radius 1 is 0.950 bits per heavy atom. The summed E-state index contributed by atoms with van der Waals surface area (Å²) in [7, 11) is 0. The number of hydrogen-bond acceptors (Lipinski definition) is 1. The van der Waals surface area contributed by atoms with Gasteiger partial charge in [0.25, 0.3) is 0 Å². The van der Waals surface area contributed by atoms with Crippen LogP contribution in [0.15, 0.2) is 48.5 Å². The van der Waals surface area contributed by atoms with Crippen molar-refractivity contribution in [3.63, 3.8) is 0 Å². The minimum atomic E-state index is -0.256. The SMILES string of the molecule is CC(C)(C)C(=O)[c-]1cccc1.CCC[c-]1cccc1.[Fe+2]. The second kappa shape index (κ2) is 8.94. The molecule has 2 aromatic carbocycles. The number of Topliss-reactive ketones (excluding diaryl/α,β-unsaturated/α-hetero) is 1. The van der Waals surface area contributed by atoms with Gasteiger partial charge in [0.05, 0.1) is 0 Å². The van der Waals surface area contributed by atoms with Gasteiger partial charge in [-0.15, -0.1) is 0 Å². The molecule has 0 atom stereocenters. The van der Waals surface area contributed by atoms with E-state index in [4.69, 9.17) is 0 Å². The maximum Gasteiger partial charge on any atom is 2.00 e. The molecule has 0 N–H and O–H groups in total. The van der Waals surface area contributed by atoms with Gasteiger partial charge in [-0.2, -0.15) is 29.8 Å². The van der Waals surface area contributed by atoms with Gasteiger partial charge < -0.3 is 4.79 Å². The van der Waals surface area contributed by atoms with Crippen molar-refractivity contribution >= 4 is 5.78 Å². The quantitative estimate of drug-likeness (QED) is 0.443. The predicted octanol–water partition coefficient (Wildman–Crippen LogP) is 4.99. The van der Waals surface area contributed by atoms with Gasteiger partial charge in [-0.1, -0.05) is 46.1 Å². The van der Waals surface area contributed by atoms with Gasteiger partial charge in [0, 0.05) is 5.41 Å². The van der Waals surface area contributed by atoms with Crippen LogP contribution >= 0.6 is 0 Å². The van der Waals surface area contributed by atoms with Crippen molar-refractivity contribution in [2.45, 2.75) is 40.5 Å². The van der Waals surface area contributed by atoms with E-state index in [-0.39, 0.29) is 28.3 Å². The van der Waals surface area contributed by atoms with Crippen LogP contribution in [0.25, 0.3) is 0 Å². The molecule has 0 saturated carbocycles. The molecule has 2 aromatic rings. The van der Waals surface area contributed by atoms with Crippen LogP contribution in [0.3, 0.4) is 0 Å². The largest absolute Gasteiger partial charge is 2.00 e.